The molecule has 6 nitrogen and oxygen atoms in total. The van der Waals surface area contributed by atoms with Crippen molar-refractivity contribution in [2.75, 3.05) is 0 Å². The standard InChI is InChI=1S/C19H17N5OS/c1-13(14-8-10-20-11-9-14)26-19-22-17-16(12-21-23(17)2)18(25)24(19)15-6-4-3-5-7-15/h3-13H,1-2H3. The van der Waals surface area contributed by atoms with Crippen molar-refractivity contribution in [3.63, 3.8) is 0 Å². The summed E-state index contributed by atoms with van der Waals surface area (Å²) in [6.07, 6.45) is 5.12. The van der Waals surface area contributed by atoms with Gasteiger partial charge in [0.05, 0.1) is 11.9 Å². The summed E-state index contributed by atoms with van der Waals surface area (Å²) in [6, 6.07) is 13.5. The molecule has 1 unspecified atom stereocenters. The Kier molecular flexibility index (Phi) is 4.30. The molecule has 0 fully saturated rings. The van der Waals surface area contributed by atoms with Crippen LogP contribution in [0.1, 0.15) is 17.7 Å². The minimum absolute atomic E-state index is 0.112. The summed E-state index contributed by atoms with van der Waals surface area (Å²) in [6.45, 7) is 2.09. The van der Waals surface area contributed by atoms with E-state index in [1.54, 1.807) is 46.6 Å². The first-order valence-electron chi connectivity index (χ1n) is 8.22. The summed E-state index contributed by atoms with van der Waals surface area (Å²) in [5, 5.41) is 5.46. The monoisotopic (exact) mass is 363 g/mol. The highest BCUT2D eigenvalue weighted by Crippen LogP contribution is 2.34. The molecule has 0 aliphatic heterocycles. The number of para-hydroxylation sites is 1. The SMILES string of the molecule is CC(Sc1nc2c(cnn2C)c(=O)n1-c1ccccc1)c1ccncc1. The molecule has 7 heteroatoms. The van der Waals surface area contributed by atoms with Gasteiger partial charge in [-0.25, -0.2) is 4.98 Å². The summed E-state index contributed by atoms with van der Waals surface area (Å²) in [7, 11) is 1.79. The Morgan fingerprint density at radius 2 is 1.81 bits per heavy atom. The Morgan fingerprint density at radius 1 is 1.08 bits per heavy atom. The van der Waals surface area contributed by atoms with Gasteiger partial charge in [-0.15, -0.1) is 0 Å². The molecular weight excluding hydrogens is 346 g/mol. The predicted octanol–water partition coefficient (Wildman–Crippen LogP) is 3.37. The third kappa shape index (κ3) is 2.90. The van der Waals surface area contributed by atoms with Crippen molar-refractivity contribution in [3.8, 4) is 5.69 Å². The number of aryl methyl sites for hydroxylation is 1. The van der Waals surface area contributed by atoms with Crippen LogP contribution in [0.3, 0.4) is 0 Å². The van der Waals surface area contributed by atoms with Gasteiger partial charge in [-0.2, -0.15) is 5.10 Å². The highest BCUT2D eigenvalue weighted by atomic mass is 32.2. The third-order valence-corrected chi connectivity index (χ3v) is 5.32. The van der Waals surface area contributed by atoms with E-state index < -0.39 is 0 Å². The summed E-state index contributed by atoms with van der Waals surface area (Å²) in [5.74, 6) is 0. The van der Waals surface area contributed by atoms with Crippen molar-refractivity contribution in [1.29, 1.82) is 0 Å². The first-order chi connectivity index (χ1) is 12.6. The van der Waals surface area contributed by atoms with Crippen LogP contribution in [0.5, 0.6) is 0 Å². The quantitative estimate of drug-likeness (QED) is 0.411. The molecule has 3 heterocycles. The molecule has 4 rings (SSSR count). The fraction of sp³-hybridized carbons (Fsp3) is 0.158. The van der Waals surface area contributed by atoms with Crippen LogP contribution in [-0.2, 0) is 7.05 Å². The highest BCUT2D eigenvalue weighted by molar-refractivity contribution is 7.99. The largest absolute Gasteiger partial charge is 0.269 e. The van der Waals surface area contributed by atoms with Crippen LogP contribution in [0.25, 0.3) is 16.7 Å². The van der Waals surface area contributed by atoms with E-state index in [2.05, 4.69) is 17.0 Å². The molecule has 0 radical (unpaired) electrons. The van der Waals surface area contributed by atoms with Gasteiger partial charge < -0.3 is 0 Å². The van der Waals surface area contributed by atoms with Crippen molar-refractivity contribution in [3.05, 3.63) is 77.0 Å². The van der Waals surface area contributed by atoms with Gasteiger partial charge in [0.2, 0.25) is 0 Å². The van der Waals surface area contributed by atoms with Gasteiger partial charge >= 0.3 is 0 Å². The molecule has 0 saturated carbocycles. The molecule has 0 N–H and O–H groups in total. The summed E-state index contributed by atoms with van der Waals surface area (Å²) in [5.41, 5.74) is 2.40. The molecule has 1 aromatic carbocycles. The molecule has 4 aromatic rings. The van der Waals surface area contributed by atoms with Crippen molar-refractivity contribution in [2.45, 2.75) is 17.3 Å². The zero-order valence-electron chi connectivity index (χ0n) is 14.4. The summed E-state index contributed by atoms with van der Waals surface area (Å²) >= 11 is 1.54. The molecule has 0 aliphatic carbocycles. The van der Waals surface area contributed by atoms with E-state index in [4.69, 9.17) is 4.98 Å². The second-order valence-corrected chi connectivity index (χ2v) is 7.22. The molecule has 0 amide bonds. The number of aromatic nitrogens is 5. The minimum atomic E-state index is -0.112. The third-order valence-electron chi connectivity index (χ3n) is 4.21. The first-order valence-corrected chi connectivity index (χ1v) is 9.10. The second kappa shape index (κ2) is 6.76. The first kappa shape index (κ1) is 16.5. The Balaban J connectivity index is 1.89. The Bertz CT molecular complexity index is 1110. The zero-order chi connectivity index (χ0) is 18.1. The van der Waals surface area contributed by atoms with E-state index in [0.717, 1.165) is 11.3 Å². The van der Waals surface area contributed by atoms with Crippen molar-refractivity contribution >= 4 is 22.8 Å². The van der Waals surface area contributed by atoms with E-state index in [0.29, 0.717) is 16.2 Å². The van der Waals surface area contributed by atoms with Gasteiger partial charge in [-0.3, -0.25) is 19.0 Å². The number of nitrogens with zero attached hydrogens (tertiary/aromatic N) is 5. The van der Waals surface area contributed by atoms with Crippen LogP contribution < -0.4 is 5.56 Å². The number of rotatable bonds is 4. The van der Waals surface area contributed by atoms with E-state index in [1.165, 1.54) is 0 Å². The number of pyridine rings is 1. The molecule has 0 spiro atoms. The van der Waals surface area contributed by atoms with E-state index in [9.17, 15) is 4.79 Å². The maximum Gasteiger partial charge on any atom is 0.269 e. The van der Waals surface area contributed by atoms with Gasteiger partial charge in [0, 0.05) is 24.7 Å². The number of hydrogen-bond acceptors (Lipinski definition) is 5. The van der Waals surface area contributed by atoms with Crippen molar-refractivity contribution in [2.24, 2.45) is 7.05 Å². The van der Waals surface area contributed by atoms with Gasteiger partial charge in [-0.1, -0.05) is 30.0 Å². The molecule has 26 heavy (non-hydrogen) atoms. The van der Waals surface area contributed by atoms with Crippen LogP contribution in [-0.4, -0.2) is 24.3 Å². The average Bonchev–Trinajstić information content (AvgIpc) is 3.04. The number of benzene rings is 1. The maximum absolute atomic E-state index is 13.1. The summed E-state index contributed by atoms with van der Waals surface area (Å²) < 4.78 is 3.29. The summed E-state index contributed by atoms with van der Waals surface area (Å²) in [4.78, 5) is 21.9. The molecule has 130 valence electrons. The molecule has 0 bridgehead atoms. The van der Waals surface area contributed by atoms with Gasteiger partial charge in [0.1, 0.15) is 5.39 Å². The maximum atomic E-state index is 13.1. The van der Waals surface area contributed by atoms with Crippen LogP contribution in [0.2, 0.25) is 0 Å². The average molecular weight is 363 g/mol. The highest BCUT2D eigenvalue weighted by Gasteiger charge is 2.18. The van der Waals surface area contributed by atoms with E-state index >= 15 is 0 Å². The lowest BCUT2D eigenvalue weighted by Gasteiger charge is -2.16. The van der Waals surface area contributed by atoms with Gasteiger partial charge in [0.25, 0.3) is 5.56 Å². The fourth-order valence-corrected chi connectivity index (χ4v) is 3.85. The van der Waals surface area contributed by atoms with Crippen LogP contribution >= 0.6 is 11.8 Å². The van der Waals surface area contributed by atoms with Gasteiger partial charge in [0.15, 0.2) is 10.8 Å². The molecular formula is C19H17N5OS. The zero-order valence-corrected chi connectivity index (χ0v) is 15.2. The Hall–Kier alpha value is -2.93. The van der Waals surface area contributed by atoms with Crippen LogP contribution in [0, 0.1) is 0 Å². The second-order valence-electron chi connectivity index (χ2n) is 5.92. The normalized spacial score (nSPS) is 12.4. The van der Waals surface area contributed by atoms with Crippen LogP contribution in [0.15, 0.2) is 71.0 Å². The van der Waals surface area contributed by atoms with E-state index in [1.807, 2.05) is 42.5 Å². The van der Waals surface area contributed by atoms with Crippen LogP contribution in [0.4, 0.5) is 0 Å². The number of fused-ring (bicyclic) bond motifs is 1. The minimum Gasteiger partial charge on any atom is -0.268 e. The van der Waals surface area contributed by atoms with Crippen molar-refractivity contribution in [1.82, 2.24) is 24.3 Å². The van der Waals surface area contributed by atoms with Gasteiger partial charge in [-0.05, 0) is 36.8 Å². The molecule has 1 atom stereocenters. The lowest BCUT2D eigenvalue weighted by atomic mass is 10.2. The molecule has 0 saturated heterocycles. The molecule has 0 aliphatic rings. The lowest BCUT2D eigenvalue weighted by molar-refractivity contribution is 0.757. The topological polar surface area (TPSA) is 65.6 Å². The fourth-order valence-electron chi connectivity index (χ4n) is 2.81. The van der Waals surface area contributed by atoms with Crippen molar-refractivity contribution < 1.29 is 0 Å². The predicted molar refractivity (Wildman–Crippen MR) is 103 cm³/mol. The molecule has 3 aromatic heterocycles. The smallest absolute Gasteiger partial charge is 0.268 e. The number of hydrogen-bond donors (Lipinski definition) is 0. The number of thioether (sulfide) groups is 1. The Morgan fingerprint density at radius 3 is 2.54 bits per heavy atom. The lowest BCUT2D eigenvalue weighted by Crippen LogP contribution is -2.22. The van der Waals surface area contributed by atoms with E-state index in [-0.39, 0.29) is 10.8 Å². The Labute approximate surface area is 154 Å².